The molecule has 0 saturated carbocycles. The number of halogens is 3. The number of esters is 1. The third-order valence-corrected chi connectivity index (χ3v) is 3.54. The lowest BCUT2D eigenvalue weighted by molar-refractivity contribution is -0.119. The topological polar surface area (TPSA) is 58.6 Å². The maximum absolute atomic E-state index is 13.2. The molecule has 0 aliphatic heterocycles. The number of amides is 1. The first-order valence-corrected chi connectivity index (χ1v) is 7.54. The van der Waals surface area contributed by atoms with E-state index in [1.807, 2.05) is 31.1 Å². The number of nitrogens with one attached hydrogen (secondary N) is 1. The molecular weight excluding hydrogens is 354 g/mol. The molecule has 5 nitrogen and oxygen atoms in total. The van der Waals surface area contributed by atoms with E-state index in [-0.39, 0.29) is 10.6 Å². The molecular formula is C17H15ClF2N2O3. The van der Waals surface area contributed by atoms with Crippen LogP contribution in [0.5, 0.6) is 0 Å². The number of nitrogens with zero attached hydrogens (tertiary/aromatic N) is 1. The molecule has 0 radical (unpaired) electrons. The van der Waals surface area contributed by atoms with Gasteiger partial charge in [0.2, 0.25) is 0 Å². The van der Waals surface area contributed by atoms with E-state index in [9.17, 15) is 18.4 Å². The van der Waals surface area contributed by atoms with Crippen molar-refractivity contribution in [1.29, 1.82) is 0 Å². The quantitative estimate of drug-likeness (QED) is 0.648. The molecule has 0 unspecified atom stereocenters. The summed E-state index contributed by atoms with van der Waals surface area (Å²) in [4.78, 5) is 25.5. The smallest absolute Gasteiger partial charge is 0.340 e. The average Bonchev–Trinajstić information content (AvgIpc) is 2.56. The Hall–Kier alpha value is -2.67. The number of rotatable bonds is 5. The zero-order valence-electron chi connectivity index (χ0n) is 13.5. The van der Waals surface area contributed by atoms with Crippen molar-refractivity contribution < 1.29 is 23.1 Å². The van der Waals surface area contributed by atoms with E-state index in [0.717, 1.165) is 5.69 Å². The van der Waals surface area contributed by atoms with Crippen LogP contribution in [0.3, 0.4) is 0 Å². The molecule has 2 aromatic rings. The zero-order valence-corrected chi connectivity index (χ0v) is 14.2. The van der Waals surface area contributed by atoms with Gasteiger partial charge in [0.1, 0.15) is 0 Å². The average molecular weight is 369 g/mol. The van der Waals surface area contributed by atoms with Gasteiger partial charge in [-0.1, -0.05) is 11.6 Å². The number of anilines is 2. The van der Waals surface area contributed by atoms with Crippen molar-refractivity contribution in [1.82, 2.24) is 0 Å². The van der Waals surface area contributed by atoms with Crippen LogP contribution in [0.25, 0.3) is 0 Å². The molecule has 0 atom stereocenters. The first-order valence-electron chi connectivity index (χ1n) is 7.17. The van der Waals surface area contributed by atoms with Gasteiger partial charge in [0, 0.05) is 25.5 Å². The van der Waals surface area contributed by atoms with Crippen LogP contribution < -0.4 is 10.2 Å². The highest BCUT2D eigenvalue weighted by atomic mass is 35.5. The van der Waals surface area contributed by atoms with Crippen LogP contribution in [0.4, 0.5) is 20.2 Å². The van der Waals surface area contributed by atoms with Gasteiger partial charge in [-0.05, 0) is 36.4 Å². The predicted octanol–water partition coefficient (Wildman–Crippen LogP) is 3.48. The van der Waals surface area contributed by atoms with Crippen molar-refractivity contribution in [2.75, 3.05) is 30.9 Å². The number of hydrogen-bond donors (Lipinski definition) is 1. The highest BCUT2D eigenvalue weighted by Crippen LogP contribution is 2.21. The van der Waals surface area contributed by atoms with Gasteiger partial charge in [-0.15, -0.1) is 0 Å². The molecule has 0 aliphatic carbocycles. The van der Waals surface area contributed by atoms with Crippen molar-refractivity contribution in [3.8, 4) is 0 Å². The Morgan fingerprint density at radius 2 is 1.72 bits per heavy atom. The molecule has 1 amide bonds. The summed E-state index contributed by atoms with van der Waals surface area (Å²) in [6.07, 6.45) is 0. The van der Waals surface area contributed by atoms with Gasteiger partial charge in [-0.3, -0.25) is 4.79 Å². The number of benzene rings is 2. The normalized spacial score (nSPS) is 10.3. The van der Waals surface area contributed by atoms with E-state index >= 15 is 0 Å². The first-order chi connectivity index (χ1) is 11.8. The predicted molar refractivity (Wildman–Crippen MR) is 91.0 cm³/mol. The minimum atomic E-state index is -1.23. The number of carbonyl (C=O) groups is 2. The summed E-state index contributed by atoms with van der Waals surface area (Å²) in [7, 11) is 3.77. The van der Waals surface area contributed by atoms with Crippen molar-refractivity contribution in [3.63, 3.8) is 0 Å². The van der Waals surface area contributed by atoms with Crippen molar-refractivity contribution in [3.05, 3.63) is 58.6 Å². The number of hydrogen-bond acceptors (Lipinski definition) is 4. The molecule has 8 heteroatoms. The first kappa shape index (κ1) is 18.7. The fourth-order valence-corrected chi connectivity index (χ4v) is 2.16. The molecule has 2 aromatic carbocycles. The second-order valence-electron chi connectivity index (χ2n) is 5.31. The van der Waals surface area contributed by atoms with E-state index in [2.05, 4.69) is 5.32 Å². The molecule has 0 saturated heterocycles. The lowest BCUT2D eigenvalue weighted by Crippen LogP contribution is -2.21. The Labute approximate surface area is 148 Å². The standard InChI is InChI=1S/C17H15ClF2N2O3/c1-22(2)11-5-3-10(4-6-11)21-16(23)9-25-17(24)12-7-14(19)15(20)8-13(12)18/h3-8H,9H2,1-2H3,(H,21,23). The molecule has 0 fully saturated rings. The summed E-state index contributed by atoms with van der Waals surface area (Å²) in [6.45, 7) is -0.594. The van der Waals surface area contributed by atoms with Crippen molar-refractivity contribution in [2.24, 2.45) is 0 Å². The highest BCUT2D eigenvalue weighted by molar-refractivity contribution is 6.33. The van der Waals surface area contributed by atoms with Crippen LogP contribution in [0.15, 0.2) is 36.4 Å². The summed E-state index contributed by atoms with van der Waals surface area (Å²) < 4.78 is 30.9. The van der Waals surface area contributed by atoms with Gasteiger partial charge in [0.05, 0.1) is 10.6 Å². The van der Waals surface area contributed by atoms with E-state index < -0.39 is 30.1 Å². The molecule has 1 N–H and O–H groups in total. The van der Waals surface area contributed by atoms with Crippen LogP contribution in [0, 0.1) is 11.6 Å². The van der Waals surface area contributed by atoms with Gasteiger partial charge in [0.15, 0.2) is 18.2 Å². The SMILES string of the molecule is CN(C)c1ccc(NC(=O)COC(=O)c2cc(F)c(F)cc2Cl)cc1. The molecule has 0 aliphatic rings. The zero-order chi connectivity index (χ0) is 18.6. The van der Waals surface area contributed by atoms with Gasteiger partial charge in [-0.25, -0.2) is 13.6 Å². The monoisotopic (exact) mass is 368 g/mol. The summed E-state index contributed by atoms with van der Waals surface area (Å²) in [5.41, 5.74) is 1.12. The second kappa shape index (κ2) is 7.94. The Bertz CT molecular complexity index is 795. The highest BCUT2D eigenvalue weighted by Gasteiger charge is 2.17. The third-order valence-electron chi connectivity index (χ3n) is 3.23. The molecule has 2 rings (SSSR count). The van der Waals surface area contributed by atoms with E-state index in [4.69, 9.17) is 16.3 Å². The Morgan fingerprint density at radius 1 is 1.12 bits per heavy atom. The van der Waals surface area contributed by atoms with Crippen LogP contribution in [-0.2, 0) is 9.53 Å². The second-order valence-corrected chi connectivity index (χ2v) is 5.72. The molecule has 25 heavy (non-hydrogen) atoms. The van der Waals surface area contributed by atoms with Crippen LogP contribution in [0.2, 0.25) is 5.02 Å². The maximum Gasteiger partial charge on any atom is 0.340 e. The lowest BCUT2D eigenvalue weighted by atomic mass is 10.2. The summed E-state index contributed by atoms with van der Waals surface area (Å²) in [5, 5.41) is 2.25. The summed E-state index contributed by atoms with van der Waals surface area (Å²) in [5.74, 6) is -4.02. The lowest BCUT2D eigenvalue weighted by Gasteiger charge is -2.13. The van der Waals surface area contributed by atoms with Gasteiger partial charge in [0.25, 0.3) is 5.91 Å². The Balaban J connectivity index is 1.93. The largest absolute Gasteiger partial charge is 0.452 e. The van der Waals surface area contributed by atoms with Gasteiger partial charge < -0.3 is 15.0 Å². The number of carbonyl (C=O) groups excluding carboxylic acids is 2. The minimum Gasteiger partial charge on any atom is -0.452 e. The minimum absolute atomic E-state index is 0.302. The molecule has 132 valence electrons. The van der Waals surface area contributed by atoms with Crippen LogP contribution in [-0.4, -0.2) is 32.6 Å². The van der Waals surface area contributed by atoms with E-state index in [0.29, 0.717) is 17.8 Å². The van der Waals surface area contributed by atoms with Crippen LogP contribution in [0.1, 0.15) is 10.4 Å². The van der Waals surface area contributed by atoms with Gasteiger partial charge in [-0.2, -0.15) is 0 Å². The van der Waals surface area contributed by atoms with E-state index in [1.54, 1.807) is 12.1 Å². The van der Waals surface area contributed by atoms with Crippen molar-refractivity contribution >= 4 is 34.9 Å². The van der Waals surface area contributed by atoms with Crippen molar-refractivity contribution in [2.45, 2.75) is 0 Å². The summed E-state index contributed by atoms with van der Waals surface area (Å²) in [6, 6.07) is 8.30. The molecule has 0 spiro atoms. The molecule has 0 aromatic heterocycles. The fraction of sp³-hybridized carbons (Fsp3) is 0.176. The maximum atomic E-state index is 13.2. The fourth-order valence-electron chi connectivity index (χ4n) is 1.93. The van der Waals surface area contributed by atoms with E-state index in [1.165, 1.54) is 0 Å². The summed E-state index contributed by atoms with van der Waals surface area (Å²) >= 11 is 5.67. The third kappa shape index (κ3) is 4.90. The van der Waals surface area contributed by atoms with Crippen LogP contribution >= 0.6 is 11.6 Å². The Morgan fingerprint density at radius 3 is 2.32 bits per heavy atom. The Kier molecular flexibility index (Phi) is 5.93. The number of ether oxygens (including phenoxy) is 1. The molecule has 0 heterocycles. The van der Waals surface area contributed by atoms with Gasteiger partial charge >= 0.3 is 5.97 Å². The molecule has 0 bridgehead atoms.